The van der Waals surface area contributed by atoms with E-state index in [-0.39, 0.29) is 11.0 Å². The van der Waals surface area contributed by atoms with Crippen LogP contribution in [0.2, 0.25) is 0 Å². The normalized spacial score (nSPS) is 19.9. The Balaban J connectivity index is 2.40. The summed E-state index contributed by atoms with van der Waals surface area (Å²) in [6.45, 7) is 4.92. The van der Waals surface area contributed by atoms with Crippen molar-refractivity contribution in [2.45, 2.75) is 31.3 Å². The van der Waals surface area contributed by atoms with Gasteiger partial charge in [-0.2, -0.15) is 4.31 Å². The number of morpholine rings is 1. The molecule has 0 aliphatic carbocycles. The maximum absolute atomic E-state index is 12.9. The summed E-state index contributed by atoms with van der Waals surface area (Å²) in [5.41, 5.74) is 0.636. The van der Waals surface area contributed by atoms with Crippen LogP contribution in [0.4, 0.5) is 0 Å². The van der Waals surface area contributed by atoms with Crippen molar-refractivity contribution >= 4 is 10.0 Å². The van der Waals surface area contributed by atoms with Crippen LogP contribution in [0.5, 0.6) is 11.5 Å². The van der Waals surface area contributed by atoms with E-state index in [1.807, 2.05) is 6.92 Å². The van der Waals surface area contributed by atoms with Gasteiger partial charge < -0.3 is 14.2 Å². The summed E-state index contributed by atoms with van der Waals surface area (Å²) in [6, 6.07) is 3.21. The Labute approximate surface area is 132 Å². The first-order valence-electron chi connectivity index (χ1n) is 7.28. The standard InChI is InChI=1S/C15H23NO5S/c1-5-12-10-16(6-7-21-12)22(17,18)15-9-14(20-4)13(19-3)8-11(15)2/h8-9,12H,5-7,10H2,1-4H3/t12-/m0/s1. The van der Waals surface area contributed by atoms with Gasteiger partial charge in [-0.05, 0) is 25.0 Å². The summed E-state index contributed by atoms with van der Waals surface area (Å²) in [5.74, 6) is 0.930. The molecule has 0 N–H and O–H groups in total. The lowest BCUT2D eigenvalue weighted by atomic mass is 10.2. The average Bonchev–Trinajstić information content (AvgIpc) is 2.54. The van der Waals surface area contributed by atoms with E-state index in [0.717, 1.165) is 6.42 Å². The van der Waals surface area contributed by atoms with Crippen LogP contribution in [0.3, 0.4) is 0 Å². The van der Waals surface area contributed by atoms with Gasteiger partial charge in [0, 0.05) is 19.2 Å². The highest BCUT2D eigenvalue weighted by molar-refractivity contribution is 7.89. The Hall–Kier alpha value is -1.31. The zero-order valence-corrected chi connectivity index (χ0v) is 14.3. The second kappa shape index (κ2) is 6.85. The molecule has 1 atom stereocenters. The Morgan fingerprint density at radius 2 is 1.91 bits per heavy atom. The van der Waals surface area contributed by atoms with Crippen LogP contribution < -0.4 is 9.47 Å². The molecule has 1 aromatic rings. The smallest absolute Gasteiger partial charge is 0.243 e. The number of methoxy groups -OCH3 is 2. The summed E-state index contributed by atoms with van der Waals surface area (Å²) >= 11 is 0. The van der Waals surface area contributed by atoms with Crippen LogP contribution >= 0.6 is 0 Å². The van der Waals surface area contributed by atoms with Crippen molar-refractivity contribution in [3.05, 3.63) is 17.7 Å². The van der Waals surface area contributed by atoms with Crippen LogP contribution in [0.1, 0.15) is 18.9 Å². The fraction of sp³-hybridized carbons (Fsp3) is 0.600. The maximum Gasteiger partial charge on any atom is 0.243 e. The second-order valence-corrected chi connectivity index (χ2v) is 7.14. The van der Waals surface area contributed by atoms with E-state index >= 15 is 0 Å². The molecule has 0 amide bonds. The summed E-state index contributed by atoms with van der Waals surface area (Å²) < 4.78 is 43.3. The van der Waals surface area contributed by atoms with Crippen molar-refractivity contribution < 1.29 is 22.6 Å². The van der Waals surface area contributed by atoms with Crippen LogP contribution in [0, 0.1) is 6.92 Å². The van der Waals surface area contributed by atoms with Gasteiger partial charge in [0.25, 0.3) is 0 Å². The number of hydrogen-bond acceptors (Lipinski definition) is 5. The third-order valence-electron chi connectivity index (χ3n) is 3.86. The maximum atomic E-state index is 12.9. The van der Waals surface area contributed by atoms with E-state index in [4.69, 9.17) is 14.2 Å². The molecule has 1 fully saturated rings. The predicted molar refractivity (Wildman–Crippen MR) is 83.1 cm³/mol. The molecule has 1 aliphatic heterocycles. The van der Waals surface area contributed by atoms with E-state index in [9.17, 15) is 8.42 Å². The van der Waals surface area contributed by atoms with Crippen LogP contribution in [0.15, 0.2) is 17.0 Å². The SMILES string of the molecule is CC[C@H]1CN(S(=O)(=O)c2cc(OC)c(OC)cc2C)CCO1. The largest absolute Gasteiger partial charge is 0.493 e. The number of aryl methyl sites for hydroxylation is 1. The number of sulfonamides is 1. The van der Waals surface area contributed by atoms with Gasteiger partial charge in [0.15, 0.2) is 11.5 Å². The molecular weight excluding hydrogens is 306 g/mol. The molecule has 0 unspecified atom stereocenters. The van der Waals surface area contributed by atoms with Gasteiger partial charge in [0.1, 0.15) is 0 Å². The number of benzene rings is 1. The zero-order valence-electron chi connectivity index (χ0n) is 13.5. The quantitative estimate of drug-likeness (QED) is 0.824. The topological polar surface area (TPSA) is 65.1 Å². The van der Waals surface area contributed by atoms with E-state index in [2.05, 4.69) is 0 Å². The summed E-state index contributed by atoms with van der Waals surface area (Å²) in [6.07, 6.45) is 0.737. The fourth-order valence-corrected chi connectivity index (χ4v) is 4.21. The number of rotatable bonds is 5. The predicted octanol–water partition coefficient (Wildman–Crippen LogP) is 1.81. The van der Waals surface area contributed by atoms with Gasteiger partial charge in [-0.15, -0.1) is 0 Å². The van der Waals surface area contributed by atoms with Crippen LogP contribution in [0.25, 0.3) is 0 Å². The minimum Gasteiger partial charge on any atom is -0.493 e. The average molecular weight is 329 g/mol. The number of hydrogen-bond donors (Lipinski definition) is 0. The fourth-order valence-electron chi connectivity index (χ4n) is 2.54. The molecule has 0 spiro atoms. The van der Waals surface area contributed by atoms with Crippen molar-refractivity contribution in [2.75, 3.05) is 33.9 Å². The molecule has 1 saturated heterocycles. The van der Waals surface area contributed by atoms with Crippen molar-refractivity contribution in [1.29, 1.82) is 0 Å². The highest BCUT2D eigenvalue weighted by Gasteiger charge is 2.32. The molecule has 1 aromatic carbocycles. The molecule has 1 aliphatic rings. The van der Waals surface area contributed by atoms with Crippen LogP contribution in [-0.4, -0.2) is 52.7 Å². The molecule has 0 bridgehead atoms. The molecule has 6 nitrogen and oxygen atoms in total. The van der Waals surface area contributed by atoms with Crippen molar-refractivity contribution in [3.8, 4) is 11.5 Å². The Bertz CT molecular complexity index is 629. The Kier molecular flexibility index (Phi) is 5.31. The number of nitrogens with zero attached hydrogens (tertiary/aromatic N) is 1. The third kappa shape index (κ3) is 3.21. The molecule has 1 heterocycles. The van der Waals surface area contributed by atoms with E-state index in [0.29, 0.717) is 36.8 Å². The first-order valence-corrected chi connectivity index (χ1v) is 8.72. The van der Waals surface area contributed by atoms with Gasteiger partial charge >= 0.3 is 0 Å². The summed E-state index contributed by atoms with van der Waals surface area (Å²) in [5, 5.41) is 0. The highest BCUT2D eigenvalue weighted by Crippen LogP contribution is 2.34. The molecule has 2 rings (SSSR count). The minimum atomic E-state index is -3.58. The van der Waals surface area contributed by atoms with Crippen LogP contribution in [-0.2, 0) is 14.8 Å². The molecule has 7 heteroatoms. The monoisotopic (exact) mass is 329 g/mol. The Morgan fingerprint density at radius 3 is 2.50 bits per heavy atom. The first-order chi connectivity index (χ1) is 10.4. The lowest BCUT2D eigenvalue weighted by molar-refractivity contribution is -0.00279. The van der Waals surface area contributed by atoms with Crippen molar-refractivity contribution in [2.24, 2.45) is 0 Å². The van der Waals surface area contributed by atoms with Gasteiger partial charge in [-0.3, -0.25) is 0 Å². The highest BCUT2D eigenvalue weighted by atomic mass is 32.2. The second-order valence-electron chi connectivity index (χ2n) is 5.24. The molecule has 0 radical (unpaired) electrons. The first kappa shape index (κ1) is 17.1. The van der Waals surface area contributed by atoms with Gasteiger partial charge in [-0.1, -0.05) is 6.92 Å². The molecule has 0 saturated carbocycles. The van der Waals surface area contributed by atoms with Gasteiger partial charge in [-0.25, -0.2) is 8.42 Å². The molecular formula is C15H23NO5S. The summed E-state index contributed by atoms with van der Waals surface area (Å²) in [7, 11) is -0.557. The van der Waals surface area contributed by atoms with E-state index < -0.39 is 10.0 Å². The van der Waals surface area contributed by atoms with Crippen molar-refractivity contribution in [1.82, 2.24) is 4.31 Å². The van der Waals surface area contributed by atoms with Gasteiger partial charge in [0.2, 0.25) is 10.0 Å². The Morgan fingerprint density at radius 1 is 1.27 bits per heavy atom. The third-order valence-corrected chi connectivity index (χ3v) is 5.86. The van der Waals surface area contributed by atoms with Gasteiger partial charge in [0.05, 0.1) is 31.8 Å². The van der Waals surface area contributed by atoms with Crippen molar-refractivity contribution in [3.63, 3.8) is 0 Å². The summed E-state index contributed by atoms with van der Waals surface area (Å²) in [4.78, 5) is 0.252. The molecule has 124 valence electrons. The molecule has 0 aromatic heterocycles. The lowest BCUT2D eigenvalue weighted by Gasteiger charge is -2.32. The number of ether oxygens (including phenoxy) is 3. The zero-order chi connectivity index (χ0) is 16.3. The van der Waals surface area contributed by atoms with E-state index in [1.54, 1.807) is 13.0 Å². The van der Waals surface area contributed by atoms with E-state index in [1.165, 1.54) is 24.6 Å². The molecule has 22 heavy (non-hydrogen) atoms. The lowest BCUT2D eigenvalue weighted by Crippen LogP contribution is -2.45. The minimum absolute atomic E-state index is 0.0519.